The smallest absolute Gasteiger partial charge is 0.328 e. The maximum Gasteiger partial charge on any atom is 0.328 e. The molecule has 8 nitrogen and oxygen atoms in total. The number of hydrogen-bond donors (Lipinski definition) is 3. The van der Waals surface area contributed by atoms with E-state index < -0.39 is 11.5 Å². The highest BCUT2D eigenvalue weighted by Gasteiger charge is 2.17. The van der Waals surface area contributed by atoms with Crippen molar-refractivity contribution in [1.82, 2.24) is 14.1 Å². The van der Waals surface area contributed by atoms with Crippen LogP contribution >= 0.6 is 0 Å². The van der Waals surface area contributed by atoms with Gasteiger partial charge in [0.25, 0.3) is 5.91 Å². The zero-order chi connectivity index (χ0) is 21.3. The fourth-order valence-corrected chi connectivity index (χ4v) is 3.42. The normalized spacial score (nSPS) is 11.8. The van der Waals surface area contributed by atoms with Gasteiger partial charge in [-0.05, 0) is 51.0 Å². The van der Waals surface area contributed by atoms with Crippen LogP contribution in [0.15, 0.2) is 35.3 Å². The summed E-state index contributed by atoms with van der Waals surface area (Å²) in [7, 11) is 1.73. The van der Waals surface area contributed by atoms with E-state index in [9.17, 15) is 14.7 Å². The predicted octanol–water partition coefficient (Wildman–Crippen LogP) is 2.30. The Kier molecular flexibility index (Phi) is 5.48. The number of nitrogens with zero attached hydrogens (tertiary/aromatic N) is 3. The number of primary amides is 1. The molecule has 0 aliphatic carbocycles. The molecule has 0 saturated heterocycles. The number of rotatable bonds is 7. The van der Waals surface area contributed by atoms with Crippen LogP contribution in [0.4, 0.5) is 11.4 Å². The van der Waals surface area contributed by atoms with E-state index in [1.807, 2.05) is 25.1 Å². The van der Waals surface area contributed by atoms with E-state index in [2.05, 4.69) is 10.3 Å². The van der Waals surface area contributed by atoms with Crippen molar-refractivity contribution >= 4 is 28.3 Å². The van der Waals surface area contributed by atoms with Crippen LogP contribution in [0, 0.1) is 0 Å². The number of nitrogens with one attached hydrogen (secondary N) is 1. The third-order valence-corrected chi connectivity index (χ3v) is 5.01. The summed E-state index contributed by atoms with van der Waals surface area (Å²) in [6.07, 6.45) is 2.59. The molecule has 0 radical (unpaired) electrons. The number of benzene rings is 1. The van der Waals surface area contributed by atoms with Crippen molar-refractivity contribution in [2.24, 2.45) is 12.8 Å². The Morgan fingerprint density at radius 2 is 2.00 bits per heavy atom. The minimum atomic E-state index is -0.865. The number of amides is 1. The molecule has 0 spiro atoms. The number of nitrogens with two attached hydrogens (primary N) is 1. The van der Waals surface area contributed by atoms with Gasteiger partial charge in [-0.1, -0.05) is 6.92 Å². The molecule has 8 heteroatoms. The summed E-state index contributed by atoms with van der Waals surface area (Å²) in [4.78, 5) is 28.4. The van der Waals surface area contributed by atoms with E-state index in [1.165, 1.54) is 0 Å². The summed E-state index contributed by atoms with van der Waals surface area (Å²) in [5.74, 6) is -0.565. The number of carbonyl (C=O) groups is 1. The highest BCUT2D eigenvalue weighted by atomic mass is 16.3. The van der Waals surface area contributed by atoms with E-state index in [1.54, 1.807) is 42.3 Å². The van der Waals surface area contributed by atoms with Crippen molar-refractivity contribution in [1.29, 1.82) is 0 Å². The lowest BCUT2D eigenvalue weighted by Crippen LogP contribution is -2.27. The number of imidazole rings is 1. The van der Waals surface area contributed by atoms with Crippen LogP contribution in [0.2, 0.25) is 0 Å². The fourth-order valence-electron chi connectivity index (χ4n) is 3.42. The number of fused-ring (bicyclic) bond motifs is 1. The number of aliphatic hydroxyl groups is 1. The molecular formula is C21H27N5O3. The highest BCUT2D eigenvalue weighted by Crippen LogP contribution is 2.26. The maximum atomic E-state index is 12.7. The molecule has 2 aromatic heterocycles. The summed E-state index contributed by atoms with van der Waals surface area (Å²) < 4.78 is 3.26. The second kappa shape index (κ2) is 7.71. The molecule has 2 heterocycles. The molecular weight excluding hydrogens is 370 g/mol. The van der Waals surface area contributed by atoms with Crippen molar-refractivity contribution < 1.29 is 9.90 Å². The fraction of sp³-hybridized carbons (Fsp3) is 0.381. The van der Waals surface area contributed by atoms with E-state index in [4.69, 9.17) is 5.73 Å². The minimum Gasteiger partial charge on any atom is -0.390 e. The Balaban J connectivity index is 2.03. The molecule has 1 amide bonds. The van der Waals surface area contributed by atoms with E-state index in [0.29, 0.717) is 19.4 Å². The van der Waals surface area contributed by atoms with E-state index in [0.717, 1.165) is 28.0 Å². The molecule has 29 heavy (non-hydrogen) atoms. The van der Waals surface area contributed by atoms with Gasteiger partial charge >= 0.3 is 5.69 Å². The molecule has 0 saturated carbocycles. The Bertz CT molecular complexity index is 1120. The van der Waals surface area contributed by atoms with Gasteiger partial charge in [0.1, 0.15) is 5.69 Å². The zero-order valence-electron chi connectivity index (χ0n) is 17.2. The van der Waals surface area contributed by atoms with Crippen molar-refractivity contribution in [2.45, 2.75) is 45.8 Å². The van der Waals surface area contributed by atoms with Gasteiger partial charge in [-0.3, -0.25) is 18.9 Å². The summed E-state index contributed by atoms with van der Waals surface area (Å²) in [5.41, 5.74) is 8.54. The molecule has 1 aromatic carbocycles. The molecule has 0 atom stereocenters. The van der Waals surface area contributed by atoms with Gasteiger partial charge < -0.3 is 16.2 Å². The van der Waals surface area contributed by atoms with Crippen LogP contribution in [0.25, 0.3) is 11.0 Å². The van der Waals surface area contributed by atoms with Crippen LogP contribution in [0.5, 0.6) is 0 Å². The van der Waals surface area contributed by atoms with Gasteiger partial charge in [0.05, 0.1) is 16.6 Å². The molecule has 154 valence electrons. The number of aromatic nitrogens is 3. The Hall–Kier alpha value is -3.13. The lowest BCUT2D eigenvalue weighted by Gasteiger charge is -2.17. The Labute approximate surface area is 169 Å². The average molecular weight is 397 g/mol. The molecule has 0 aliphatic rings. The topological polar surface area (TPSA) is 115 Å². The first kappa shape index (κ1) is 20.6. The lowest BCUT2D eigenvalue weighted by molar-refractivity contribution is 0.0662. The van der Waals surface area contributed by atoms with Crippen LogP contribution < -0.4 is 16.7 Å². The van der Waals surface area contributed by atoms with Gasteiger partial charge in [-0.2, -0.15) is 0 Å². The molecule has 0 unspecified atom stereocenters. The van der Waals surface area contributed by atoms with Crippen molar-refractivity contribution in [3.63, 3.8) is 0 Å². The summed E-state index contributed by atoms with van der Waals surface area (Å²) in [6, 6.07) is 7.44. The quantitative estimate of drug-likeness (QED) is 0.566. The number of anilines is 2. The van der Waals surface area contributed by atoms with Crippen LogP contribution in [-0.2, 0) is 20.0 Å². The minimum absolute atomic E-state index is 0.129. The molecule has 3 rings (SSSR count). The van der Waals surface area contributed by atoms with E-state index in [-0.39, 0.29) is 11.4 Å². The van der Waals surface area contributed by atoms with Gasteiger partial charge in [-0.15, -0.1) is 0 Å². The largest absolute Gasteiger partial charge is 0.390 e. The molecule has 4 N–H and O–H groups in total. The summed E-state index contributed by atoms with van der Waals surface area (Å²) >= 11 is 0. The first-order chi connectivity index (χ1) is 13.6. The predicted molar refractivity (Wildman–Crippen MR) is 114 cm³/mol. The van der Waals surface area contributed by atoms with Crippen molar-refractivity contribution in [3.8, 4) is 0 Å². The first-order valence-electron chi connectivity index (χ1n) is 9.58. The van der Waals surface area contributed by atoms with Gasteiger partial charge in [0, 0.05) is 36.7 Å². The van der Waals surface area contributed by atoms with Gasteiger partial charge in [0.2, 0.25) is 0 Å². The summed E-state index contributed by atoms with van der Waals surface area (Å²) in [6.45, 7) is 5.79. The average Bonchev–Trinajstić information content (AvgIpc) is 2.89. The van der Waals surface area contributed by atoms with Crippen LogP contribution in [0.3, 0.4) is 0 Å². The van der Waals surface area contributed by atoms with E-state index >= 15 is 0 Å². The monoisotopic (exact) mass is 397 g/mol. The van der Waals surface area contributed by atoms with Crippen molar-refractivity contribution in [3.05, 3.63) is 52.2 Å². The molecule has 0 bridgehead atoms. The second-order valence-electron chi connectivity index (χ2n) is 7.79. The SMILES string of the molecule is CCc1c(Nc2ccc3c(c2)n(CCC(C)(C)O)c(=O)n3C)ccnc1C(N)=O. The van der Waals surface area contributed by atoms with Crippen LogP contribution in [-0.4, -0.2) is 30.7 Å². The van der Waals surface area contributed by atoms with Crippen molar-refractivity contribution in [2.75, 3.05) is 5.32 Å². The second-order valence-corrected chi connectivity index (χ2v) is 7.79. The third-order valence-electron chi connectivity index (χ3n) is 5.01. The molecule has 0 aliphatic heterocycles. The molecule has 0 fully saturated rings. The number of aryl methyl sites for hydroxylation is 2. The number of pyridine rings is 1. The summed E-state index contributed by atoms with van der Waals surface area (Å²) in [5, 5.41) is 13.4. The van der Waals surface area contributed by atoms with Gasteiger partial charge in [0.15, 0.2) is 0 Å². The van der Waals surface area contributed by atoms with Gasteiger partial charge in [-0.25, -0.2) is 4.79 Å². The number of hydrogen-bond acceptors (Lipinski definition) is 5. The maximum absolute atomic E-state index is 12.7. The third kappa shape index (κ3) is 4.17. The van der Waals surface area contributed by atoms with Crippen LogP contribution in [0.1, 0.15) is 43.2 Å². The zero-order valence-corrected chi connectivity index (χ0v) is 17.2. The number of carbonyl (C=O) groups excluding carboxylic acids is 1. The first-order valence-corrected chi connectivity index (χ1v) is 9.58. The highest BCUT2D eigenvalue weighted by molar-refractivity contribution is 5.94. The Morgan fingerprint density at radius 1 is 1.28 bits per heavy atom. The molecule has 3 aromatic rings. The Morgan fingerprint density at radius 3 is 2.62 bits per heavy atom. The standard InChI is InChI=1S/C21H27N5O3/c1-5-14-15(8-10-23-18(14)19(22)27)24-13-6-7-16-17(12-13)26(20(28)25(16)4)11-9-21(2,3)29/h6-8,10,12,29H,5,9,11H2,1-4H3,(H2,22,27)(H,23,24). The lowest BCUT2D eigenvalue weighted by atomic mass is 10.1.